The van der Waals surface area contributed by atoms with E-state index in [2.05, 4.69) is 0 Å². The van der Waals surface area contributed by atoms with Crippen LogP contribution in [0.15, 0.2) is 60.7 Å². The molecule has 1 spiro atoms. The van der Waals surface area contributed by atoms with Crippen molar-refractivity contribution >= 4 is 5.97 Å². The standard InChI is InChI=1S/C25H30NO3/c27-24(25(28,19-9-3-1-4-10-19)20-11-5-2-6-12-20)29-23-17-21-13-14-22(18-23)26(21)15-7-8-16-26/h1-6,9-12,21-23,28H,7-8,13-18H2/q+1/t21-,22-/m0/s1/i7D2,8D2,15D2,16D2. The molecule has 4 nitrogen and oxygen atoms in total. The first-order valence-electron chi connectivity index (χ1n) is 14.1. The van der Waals surface area contributed by atoms with Gasteiger partial charge in [0.05, 0.1) is 30.6 Å². The lowest BCUT2D eigenvalue weighted by Crippen LogP contribution is -2.60. The molecule has 3 aliphatic rings. The van der Waals surface area contributed by atoms with Crippen molar-refractivity contribution in [1.82, 2.24) is 0 Å². The van der Waals surface area contributed by atoms with Gasteiger partial charge in [0, 0.05) is 43.9 Å². The zero-order chi connectivity index (χ0) is 27.1. The summed E-state index contributed by atoms with van der Waals surface area (Å²) in [6, 6.07) is 15.2. The van der Waals surface area contributed by atoms with E-state index >= 15 is 0 Å². The van der Waals surface area contributed by atoms with Crippen molar-refractivity contribution in [2.45, 2.75) is 62.2 Å². The van der Waals surface area contributed by atoms with Crippen LogP contribution in [0.5, 0.6) is 0 Å². The van der Waals surface area contributed by atoms with Crippen LogP contribution in [0.3, 0.4) is 0 Å². The molecule has 0 saturated carbocycles. The molecule has 0 aromatic heterocycles. The van der Waals surface area contributed by atoms with Crippen molar-refractivity contribution in [2.24, 2.45) is 0 Å². The Morgan fingerprint density at radius 1 is 0.931 bits per heavy atom. The van der Waals surface area contributed by atoms with Crippen LogP contribution < -0.4 is 0 Å². The van der Waals surface area contributed by atoms with Gasteiger partial charge in [-0.1, -0.05) is 60.7 Å². The largest absolute Gasteiger partial charge is 0.459 e. The molecular weight excluding hydrogens is 362 g/mol. The summed E-state index contributed by atoms with van der Waals surface area (Å²) in [6.45, 7) is -5.68. The molecule has 0 aliphatic carbocycles. The highest BCUT2D eigenvalue weighted by molar-refractivity contribution is 5.85. The molecule has 0 unspecified atom stereocenters. The van der Waals surface area contributed by atoms with E-state index in [0.29, 0.717) is 24.0 Å². The van der Waals surface area contributed by atoms with Gasteiger partial charge in [0.25, 0.3) is 0 Å². The highest BCUT2D eigenvalue weighted by atomic mass is 16.6. The van der Waals surface area contributed by atoms with Gasteiger partial charge in [-0.05, 0) is 11.1 Å². The van der Waals surface area contributed by atoms with Crippen molar-refractivity contribution in [2.75, 3.05) is 13.0 Å². The summed E-state index contributed by atoms with van der Waals surface area (Å²) >= 11 is 0. The first-order valence-corrected chi connectivity index (χ1v) is 10.1. The summed E-state index contributed by atoms with van der Waals surface area (Å²) in [5.41, 5.74) is -1.46. The number of aliphatic hydroxyl groups is 1. The van der Waals surface area contributed by atoms with E-state index in [9.17, 15) is 9.90 Å². The fraction of sp³-hybridized carbons (Fsp3) is 0.480. The fourth-order valence-electron chi connectivity index (χ4n) is 5.09. The quantitative estimate of drug-likeness (QED) is 0.628. The summed E-state index contributed by atoms with van der Waals surface area (Å²) < 4.78 is 72.9. The number of nitrogens with zero attached hydrogens (tertiary/aromatic N) is 1. The number of quaternary nitrogens is 1. The summed E-state index contributed by atoms with van der Waals surface area (Å²) in [6.07, 6.45) is -6.14. The Morgan fingerprint density at radius 3 is 1.90 bits per heavy atom. The molecular formula is C25H30NO3+. The monoisotopic (exact) mass is 400 g/mol. The van der Waals surface area contributed by atoms with Crippen LogP contribution in [-0.4, -0.2) is 46.7 Å². The van der Waals surface area contributed by atoms with Crippen molar-refractivity contribution < 1.29 is 30.1 Å². The van der Waals surface area contributed by atoms with Crippen LogP contribution in [-0.2, 0) is 15.1 Å². The summed E-state index contributed by atoms with van der Waals surface area (Å²) in [4.78, 5) is 13.6. The van der Waals surface area contributed by atoms with E-state index in [4.69, 9.17) is 15.7 Å². The summed E-state index contributed by atoms with van der Waals surface area (Å²) in [5.74, 6) is -0.902. The highest BCUT2D eigenvalue weighted by Crippen LogP contribution is 2.46. The number of piperidine rings is 1. The average molecular weight is 401 g/mol. The van der Waals surface area contributed by atoms with Gasteiger partial charge < -0.3 is 14.3 Å². The number of benzene rings is 2. The molecule has 3 heterocycles. The molecule has 0 radical (unpaired) electrons. The lowest BCUT2D eigenvalue weighted by atomic mass is 9.86. The highest BCUT2D eigenvalue weighted by Gasteiger charge is 2.56. The average Bonchev–Trinajstić information content (AvgIpc) is 3.13. The maximum Gasteiger partial charge on any atom is 0.347 e. The van der Waals surface area contributed by atoms with Gasteiger partial charge in [-0.2, -0.15) is 0 Å². The van der Waals surface area contributed by atoms with Crippen LogP contribution in [0, 0.1) is 0 Å². The maximum atomic E-state index is 13.6. The number of ether oxygens (including phenoxy) is 1. The fourth-order valence-corrected chi connectivity index (χ4v) is 5.09. The minimum absolute atomic E-state index is 0.0348. The third kappa shape index (κ3) is 3.01. The third-order valence-electron chi connectivity index (χ3n) is 6.55. The van der Waals surface area contributed by atoms with Gasteiger partial charge in [-0.25, -0.2) is 4.79 Å². The molecule has 29 heavy (non-hydrogen) atoms. The van der Waals surface area contributed by atoms with E-state index in [1.165, 1.54) is 0 Å². The predicted octanol–water partition coefficient (Wildman–Crippen LogP) is 3.77. The van der Waals surface area contributed by atoms with Crippen LogP contribution in [0.4, 0.5) is 0 Å². The molecule has 2 bridgehead atoms. The van der Waals surface area contributed by atoms with E-state index in [-0.39, 0.29) is 12.8 Å². The smallest absolute Gasteiger partial charge is 0.347 e. The van der Waals surface area contributed by atoms with Crippen LogP contribution in [0.25, 0.3) is 0 Å². The topological polar surface area (TPSA) is 46.5 Å². The van der Waals surface area contributed by atoms with Gasteiger partial charge in [0.1, 0.15) is 6.10 Å². The van der Waals surface area contributed by atoms with Crippen molar-refractivity contribution in [3.63, 3.8) is 0 Å². The Morgan fingerprint density at radius 2 is 1.41 bits per heavy atom. The van der Waals surface area contributed by atoms with Crippen molar-refractivity contribution in [1.29, 1.82) is 0 Å². The number of carbonyl (C=O) groups excluding carboxylic acids is 1. The molecule has 3 saturated heterocycles. The van der Waals surface area contributed by atoms with E-state index < -0.39 is 60.0 Å². The SMILES string of the molecule is [2H]C1([2H])C([2H])([2H])C([2H])([2H])[N+]2([C@H]3CC[C@H]2CC(OC(=O)C(O)(c2ccccc2)c2ccccc2)C3)C1([2H])[2H]. The minimum Gasteiger partial charge on any atom is -0.459 e. The molecule has 1 N–H and O–H groups in total. The normalized spacial score (nSPS) is 38.9. The molecule has 2 atom stereocenters. The Hall–Kier alpha value is -2.17. The van der Waals surface area contributed by atoms with E-state index in [1.807, 2.05) is 0 Å². The molecule has 4 heteroatoms. The number of carbonyl (C=O) groups is 1. The molecule has 152 valence electrons. The second-order valence-corrected chi connectivity index (χ2v) is 8.08. The number of hydrogen-bond acceptors (Lipinski definition) is 3. The second kappa shape index (κ2) is 7.26. The molecule has 2 aromatic carbocycles. The first-order chi connectivity index (χ1) is 17.2. The molecule has 3 aliphatic heterocycles. The van der Waals surface area contributed by atoms with Gasteiger partial charge in [0.2, 0.25) is 5.60 Å². The van der Waals surface area contributed by atoms with Gasteiger partial charge >= 0.3 is 5.97 Å². The maximum absolute atomic E-state index is 13.6. The molecule has 3 fully saturated rings. The van der Waals surface area contributed by atoms with Crippen molar-refractivity contribution in [3.05, 3.63) is 71.8 Å². The Bertz CT molecular complexity index is 1110. The van der Waals surface area contributed by atoms with E-state index in [0.717, 1.165) is 0 Å². The second-order valence-electron chi connectivity index (χ2n) is 8.08. The Kier molecular flexibility index (Phi) is 2.97. The molecule has 0 amide bonds. The molecule has 5 rings (SSSR count). The first kappa shape index (κ1) is 11.9. The molecule has 2 aromatic rings. The number of rotatable bonds is 4. The van der Waals surface area contributed by atoms with Gasteiger partial charge in [-0.15, -0.1) is 0 Å². The van der Waals surface area contributed by atoms with E-state index in [1.54, 1.807) is 60.7 Å². The Balaban J connectivity index is 1.48. The Labute approximate surface area is 183 Å². The summed E-state index contributed by atoms with van der Waals surface area (Å²) in [7, 11) is 0. The zero-order valence-electron chi connectivity index (χ0n) is 24.0. The lowest BCUT2D eigenvalue weighted by Gasteiger charge is -2.47. The third-order valence-corrected chi connectivity index (χ3v) is 6.55. The summed E-state index contributed by atoms with van der Waals surface area (Å²) in [5, 5.41) is 11.7. The van der Waals surface area contributed by atoms with Gasteiger partial charge in [-0.3, -0.25) is 0 Å². The predicted molar refractivity (Wildman–Crippen MR) is 111 cm³/mol. The van der Waals surface area contributed by atoms with Crippen molar-refractivity contribution in [3.8, 4) is 0 Å². The lowest BCUT2D eigenvalue weighted by molar-refractivity contribution is -0.956. The number of hydrogen-bond donors (Lipinski definition) is 1. The number of esters is 1. The van der Waals surface area contributed by atoms with Gasteiger partial charge in [0.15, 0.2) is 0 Å². The minimum atomic E-state index is -3.07. The zero-order valence-corrected chi connectivity index (χ0v) is 16.0. The van der Waals surface area contributed by atoms with Crippen LogP contribution in [0.1, 0.15) is 60.5 Å². The van der Waals surface area contributed by atoms with Crippen LogP contribution >= 0.6 is 0 Å². The van der Waals surface area contributed by atoms with Crippen LogP contribution in [0.2, 0.25) is 0 Å².